The molecule has 0 aliphatic carbocycles. The molecule has 0 heterocycles. The van der Waals surface area contributed by atoms with Gasteiger partial charge >= 0.3 is 0 Å². The second-order valence-corrected chi connectivity index (χ2v) is 0. The van der Waals surface area contributed by atoms with Gasteiger partial charge in [-0.25, -0.2) is 0 Å². The van der Waals surface area contributed by atoms with Gasteiger partial charge in [0, 0.05) is 0 Å². The molecule has 0 amide bonds. The normalized spacial score (nSPS) is 0. The molecular formula is H3ClF2N-3. The highest BCUT2D eigenvalue weighted by molar-refractivity contribution is 2.13. The number of halogens is 3. The first-order valence-corrected chi connectivity index (χ1v) is 0. The van der Waals surface area contributed by atoms with Crippen LogP contribution in [0.3, 0.4) is 0 Å². The highest BCUT2D eigenvalue weighted by Crippen LogP contribution is -0.481. The van der Waals surface area contributed by atoms with Crippen LogP contribution in [0.4, 0.5) is 0 Å². The van der Waals surface area contributed by atoms with E-state index in [0.717, 1.165) is 0 Å². The Kier molecular flexibility index (Phi) is 940000. The van der Waals surface area contributed by atoms with E-state index in [0.29, 0.717) is 0 Å². The molecule has 0 rings (SSSR count). The first kappa shape index (κ1) is 3290. The van der Waals surface area contributed by atoms with Crippen molar-refractivity contribution < 1.29 is 21.8 Å². The zero-order valence-corrected chi connectivity index (χ0v) is 2.60. The lowest BCUT2D eigenvalue weighted by atomic mass is 14.0. The van der Waals surface area contributed by atoms with E-state index < -0.39 is 0 Å². The Balaban J connectivity index is 0. The second-order valence-electron chi connectivity index (χ2n) is 0. The summed E-state index contributed by atoms with van der Waals surface area (Å²) in [5, 5.41) is 0. The number of hydrogen-bond acceptors (Lipinski definition) is 1. The third-order valence-corrected chi connectivity index (χ3v) is 0. The molecule has 4 heteroatoms. The molecule has 0 atom stereocenters. The van der Waals surface area contributed by atoms with E-state index in [1.54, 1.807) is 0 Å². The lowest BCUT2D eigenvalue weighted by Gasteiger charge is -1.00. The van der Waals surface area contributed by atoms with Crippen LogP contribution in [-0.4, -0.2) is 0 Å². The third kappa shape index (κ3) is 215. The zero-order valence-electron chi connectivity index (χ0n) is 1.84. The van der Waals surface area contributed by atoms with E-state index in [4.69, 9.17) is 0 Å². The van der Waals surface area contributed by atoms with Gasteiger partial charge in [-0.15, -0.1) is 0 Å². The van der Waals surface area contributed by atoms with Crippen molar-refractivity contribution >= 4 is 0 Å². The van der Waals surface area contributed by atoms with Crippen molar-refractivity contribution in [1.29, 1.82) is 0 Å². The summed E-state index contributed by atoms with van der Waals surface area (Å²) >= 11 is 0. The topological polar surface area (TPSA) is 35.0 Å². The first-order valence-electron chi connectivity index (χ1n) is 0. The second kappa shape index (κ2) is 1140. The molecule has 32 valence electrons. The van der Waals surface area contributed by atoms with Gasteiger partial charge in [0.15, 0.2) is 0 Å². The molecule has 0 aliphatic heterocycles. The highest BCUT2D eigenvalue weighted by Gasteiger charge is -0.344. The Morgan fingerprint density at radius 1 is 0.750 bits per heavy atom. The summed E-state index contributed by atoms with van der Waals surface area (Å²) in [6.07, 6.45) is 0. The number of hydrogen-bond donors (Lipinski definition) is 1. The molecule has 0 aromatic rings. The Morgan fingerprint density at radius 3 is 0.750 bits per heavy atom. The summed E-state index contributed by atoms with van der Waals surface area (Å²) in [7, 11) is 0. The average molecular weight is 90.5 g/mol. The van der Waals surface area contributed by atoms with Crippen molar-refractivity contribution in [3.05, 3.63) is 0 Å². The summed E-state index contributed by atoms with van der Waals surface area (Å²) in [5.41, 5.74) is 0. The van der Waals surface area contributed by atoms with Gasteiger partial charge in [-0.1, -0.05) is 0 Å². The molecule has 3 N–H and O–H groups in total. The third-order valence-electron chi connectivity index (χ3n) is 0. The molecule has 0 fully saturated rings. The summed E-state index contributed by atoms with van der Waals surface area (Å²) in [6.45, 7) is 0. The molecule has 0 spiro atoms. The molecule has 4 heavy (non-hydrogen) atoms. The Bertz CT molecular complexity index is 6.00. The highest BCUT2D eigenvalue weighted by atomic mass is 35.5. The molecule has 0 saturated heterocycles. The van der Waals surface area contributed by atoms with E-state index in [-0.39, 0.29) is 28.0 Å². The lowest BCUT2D eigenvalue weighted by molar-refractivity contribution is -0.00100. The molecule has 0 unspecified atom stereocenters. The molecule has 0 radical (unpaired) electrons. The Morgan fingerprint density at radius 2 is 0.750 bits per heavy atom. The van der Waals surface area contributed by atoms with Crippen molar-refractivity contribution in [3.63, 3.8) is 0 Å². The average Bonchev–Trinajstić information content (AvgIpc) is 0. The van der Waals surface area contributed by atoms with Crippen LogP contribution >= 0.6 is 0 Å². The smallest absolute Gasteiger partial charge is 0.344 e. The predicted octanol–water partition coefficient (Wildman–Crippen LogP) is -8.83. The van der Waals surface area contributed by atoms with Crippen LogP contribution in [0.1, 0.15) is 0 Å². The van der Waals surface area contributed by atoms with Crippen LogP contribution in [0, 0.1) is 0 Å². The van der Waals surface area contributed by atoms with Gasteiger partial charge in [-0.05, 0) is 0 Å². The van der Waals surface area contributed by atoms with E-state index in [1.165, 1.54) is 0 Å². The van der Waals surface area contributed by atoms with Crippen molar-refractivity contribution in [2.24, 2.45) is 0 Å². The van der Waals surface area contributed by atoms with E-state index in [1.807, 2.05) is 0 Å². The van der Waals surface area contributed by atoms with Gasteiger partial charge in [-0.2, -0.15) is 0 Å². The minimum absolute atomic E-state index is 0. The SMILES string of the molecule is N.[Cl-].[F-].[F-]. The van der Waals surface area contributed by atoms with Crippen molar-refractivity contribution in [2.75, 3.05) is 0 Å². The Labute approximate surface area is 29.1 Å². The summed E-state index contributed by atoms with van der Waals surface area (Å²) in [4.78, 5) is 0. The fraction of sp³-hybridized carbons (Fsp3) is 0. The van der Waals surface area contributed by atoms with Crippen molar-refractivity contribution in [3.8, 4) is 0 Å². The predicted molar refractivity (Wildman–Crippen MR) is 5.02 cm³/mol. The van der Waals surface area contributed by atoms with Gasteiger partial charge in [0.05, 0.1) is 0 Å². The monoisotopic (exact) mass is 90.0 g/mol. The lowest BCUT2D eigenvalue weighted by Crippen LogP contribution is -3.00. The minimum Gasteiger partial charge on any atom is -1.00 e. The van der Waals surface area contributed by atoms with Gasteiger partial charge in [-0.3, -0.25) is 0 Å². The largest absolute Gasteiger partial charge is 1.00 e. The molecular weight excluding hydrogens is 87.5 g/mol. The quantitative estimate of drug-likeness (QED) is 0.315. The van der Waals surface area contributed by atoms with Crippen molar-refractivity contribution in [1.82, 2.24) is 6.15 Å². The molecule has 0 bridgehead atoms. The molecule has 0 aromatic heterocycles. The van der Waals surface area contributed by atoms with Gasteiger partial charge < -0.3 is 28.0 Å². The summed E-state index contributed by atoms with van der Waals surface area (Å²) < 4.78 is 0. The fourth-order valence-electron chi connectivity index (χ4n) is 0. The van der Waals surface area contributed by atoms with Gasteiger partial charge in [0.2, 0.25) is 0 Å². The maximum absolute atomic E-state index is 0. The van der Waals surface area contributed by atoms with Crippen LogP contribution in [-0.2, 0) is 0 Å². The number of rotatable bonds is 0. The van der Waals surface area contributed by atoms with Crippen LogP contribution < -0.4 is 28.0 Å². The van der Waals surface area contributed by atoms with Crippen molar-refractivity contribution in [2.45, 2.75) is 0 Å². The maximum atomic E-state index is 0. The van der Waals surface area contributed by atoms with Gasteiger partial charge in [0.25, 0.3) is 0 Å². The minimum atomic E-state index is 0. The van der Waals surface area contributed by atoms with Crippen LogP contribution in [0.25, 0.3) is 0 Å². The van der Waals surface area contributed by atoms with E-state index >= 15 is 0 Å². The first-order chi connectivity index (χ1) is 0. The van der Waals surface area contributed by atoms with Crippen LogP contribution in [0.15, 0.2) is 0 Å². The molecule has 1 nitrogen and oxygen atoms in total. The molecule has 0 aliphatic rings. The standard InChI is InChI=1S/ClH.2FH.H3N/h3*1H;1H3/p-3. The van der Waals surface area contributed by atoms with Gasteiger partial charge in [0.1, 0.15) is 0 Å². The van der Waals surface area contributed by atoms with Crippen LogP contribution in [0.5, 0.6) is 0 Å². The summed E-state index contributed by atoms with van der Waals surface area (Å²) in [6, 6.07) is 0. The van der Waals surface area contributed by atoms with Crippen LogP contribution in [0.2, 0.25) is 0 Å². The maximum Gasteiger partial charge on any atom is -0.344 e. The fourth-order valence-corrected chi connectivity index (χ4v) is 0. The Hall–Kier alpha value is 0.110. The van der Waals surface area contributed by atoms with E-state index in [2.05, 4.69) is 0 Å². The van der Waals surface area contributed by atoms with E-state index in [9.17, 15) is 0 Å². The zero-order chi connectivity index (χ0) is 0. The molecule has 0 saturated carbocycles. The molecule has 0 aromatic carbocycles. The summed E-state index contributed by atoms with van der Waals surface area (Å²) in [5.74, 6) is 0.